The Morgan fingerprint density at radius 1 is 1.38 bits per heavy atom. The van der Waals surface area contributed by atoms with E-state index >= 15 is 0 Å². The molecule has 154 valence electrons. The van der Waals surface area contributed by atoms with E-state index in [0.29, 0.717) is 23.9 Å². The molecule has 1 aromatic heterocycles. The number of nitrogens with one attached hydrogen (secondary N) is 1. The topological polar surface area (TPSA) is 91.8 Å². The molecule has 7 nitrogen and oxygen atoms in total. The van der Waals surface area contributed by atoms with Gasteiger partial charge in [0.25, 0.3) is 0 Å². The van der Waals surface area contributed by atoms with E-state index in [-0.39, 0.29) is 36.8 Å². The number of hydrogen-bond donors (Lipinski definition) is 2. The van der Waals surface area contributed by atoms with Crippen LogP contribution in [0.2, 0.25) is 0 Å². The molecular weight excluding hydrogens is 414 g/mol. The van der Waals surface area contributed by atoms with E-state index in [0.717, 1.165) is 34.8 Å². The Balaban J connectivity index is 0.00000205. The van der Waals surface area contributed by atoms with Gasteiger partial charge in [0.1, 0.15) is 11.6 Å². The predicted molar refractivity (Wildman–Crippen MR) is 110 cm³/mol. The fourth-order valence-electron chi connectivity index (χ4n) is 4.71. The van der Waals surface area contributed by atoms with Gasteiger partial charge in [-0.2, -0.15) is 4.37 Å². The highest BCUT2D eigenvalue weighted by atomic mass is 35.5. The van der Waals surface area contributed by atoms with Crippen molar-refractivity contribution in [3.63, 3.8) is 0 Å². The molecule has 2 aliphatic heterocycles. The Kier molecular flexibility index (Phi) is 5.37. The molecule has 1 aromatic carbocycles. The number of rotatable bonds is 5. The molecule has 2 fully saturated rings. The molecule has 1 saturated carbocycles. The lowest BCUT2D eigenvalue weighted by Gasteiger charge is -2.24. The van der Waals surface area contributed by atoms with Crippen LogP contribution in [-0.4, -0.2) is 45.9 Å². The second kappa shape index (κ2) is 7.68. The molecule has 29 heavy (non-hydrogen) atoms. The minimum absolute atomic E-state index is 0. The summed E-state index contributed by atoms with van der Waals surface area (Å²) in [6, 6.07) is 5.38. The van der Waals surface area contributed by atoms with E-state index in [1.165, 1.54) is 11.5 Å². The number of anilines is 1. The lowest BCUT2D eigenvalue weighted by molar-refractivity contribution is -0.118. The van der Waals surface area contributed by atoms with Crippen LogP contribution in [0.5, 0.6) is 0 Å². The fourth-order valence-corrected chi connectivity index (χ4v) is 5.21. The third kappa shape index (κ3) is 3.54. The van der Waals surface area contributed by atoms with Gasteiger partial charge in [0.15, 0.2) is 0 Å². The standard InChI is InChI=1S/C20H21N3O4S.ClH/c1-10-11(2-3-12-15(10)9-27-20(12)26)16(24)8-23-6-13-14(7-23)18(13)19(25)22-17-4-5-21-28-17;/h2-5,13-14,16,18,24H,6-9H2,1H3,(H,22,25);1H/t13?,14?,16-,18?;/m0./s1. The van der Waals surface area contributed by atoms with Crippen LogP contribution in [0.4, 0.5) is 5.00 Å². The van der Waals surface area contributed by atoms with Crippen LogP contribution in [0.1, 0.15) is 33.2 Å². The number of carbonyl (C=O) groups excluding carboxylic acids is 2. The fraction of sp³-hybridized carbons (Fsp3) is 0.450. The molecule has 0 radical (unpaired) electrons. The van der Waals surface area contributed by atoms with Gasteiger partial charge in [0.2, 0.25) is 5.91 Å². The van der Waals surface area contributed by atoms with Gasteiger partial charge in [-0.05, 0) is 53.6 Å². The summed E-state index contributed by atoms with van der Waals surface area (Å²) in [5.74, 6) is 0.597. The first kappa shape index (κ1) is 20.3. The maximum atomic E-state index is 12.4. The highest BCUT2D eigenvalue weighted by Crippen LogP contribution is 2.52. The maximum Gasteiger partial charge on any atom is 0.338 e. The number of carbonyl (C=O) groups is 2. The number of aliphatic hydroxyl groups excluding tert-OH is 1. The van der Waals surface area contributed by atoms with E-state index in [9.17, 15) is 14.7 Å². The van der Waals surface area contributed by atoms with E-state index < -0.39 is 6.10 Å². The second-order valence-corrected chi connectivity index (χ2v) is 8.67. The smallest absolute Gasteiger partial charge is 0.338 e. The average molecular weight is 436 g/mol. The Morgan fingerprint density at radius 3 is 2.83 bits per heavy atom. The van der Waals surface area contributed by atoms with Crippen molar-refractivity contribution in [3.8, 4) is 0 Å². The summed E-state index contributed by atoms with van der Waals surface area (Å²) >= 11 is 1.29. The molecule has 9 heteroatoms. The van der Waals surface area contributed by atoms with Crippen molar-refractivity contribution in [2.45, 2.75) is 19.6 Å². The minimum atomic E-state index is -0.622. The Bertz CT molecular complexity index is 939. The summed E-state index contributed by atoms with van der Waals surface area (Å²) in [4.78, 5) is 26.3. The van der Waals surface area contributed by atoms with E-state index in [1.807, 2.05) is 13.0 Å². The van der Waals surface area contributed by atoms with Gasteiger partial charge >= 0.3 is 5.97 Å². The number of cyclic esters (lactones) is 1. The van der Waals surface area contributed by atoms with Gasteiger partial charge in [-0.25, -0.2) is 4.79 Å². The molecule has 3 heterocycles. The number of β-amino-alcohol motifs (C(OH)–C–C–N with tert-alkyl or cyclic N) is 1. The zero-order valence-electron chi connectivity index (χ0n) is 15.8. The molecule has 2 unspecified atom stereocenters. The zero-order chi connectivity index (χ0) is 19.4. The summed E-state index contributed by atoms with van der Waals surface area (Å²) < 4.78 is 9.09. The number of hydrogen-bond acceptors (Lipinski definition) is 7. The molecule has 1 saturated heterocycles. The van der Waals surface area contributed by atoms with Crippen LogP contribution < -0.4 is 5.32 Å². The maximum absolute atomic E-state index is 12.4. The lowest BCUT2D eigenvalue weighted by Crippen LogP contribution is -2.31. The average Bonchev–Trinajstić information content (AvgIpc) is 3.11. The first-order chi connectivity index (χ1) is 13.5. The number of benzene rings is 1. The zero-order valence-corrected chi connectivity index (χ0v) is 17.5. The van der Waals surface area contributed by atoms with Crippen molar-refractivity contribution in [1.82, 2.24) is 9.27 Å². The van der Waals surface area contributed by atoms with Gasteiger partial charge in [0.05, 0.1) is 11.7 Å². The number of likely N-dealkylation sites (tertiary alicyclic amines) is 1. The molecule has 2 N–H and O–H groups in total. The van der Waals surface area contributed by atoms with Crippen molar-refractivity contribution >= 4 is 40.8 Å². The summed E-state index contributed by atoms with van der Waals surface area (Å²) in [6.45, 7) is 4.40. The van der Waals surface area contributed by atoms with Crippen LogP contribution in [0, 0.1) is 24.7 Å². The van der Waals surface area contributed by atoms with Gasteiger partial charge in [-0.3, -0.25) is 9.69 Å². The number of aromatic nitrogens is 1. The monoisotopic (exact) mass is 435 g/mol. The second-order valence-electron chi connectivity index (χ2n) is 7.84. The summed E-state index contributed by atoms with van der Waals surface area (Å²) in [5, 5.41) is 14.5. The molecule has 3 atom stereocenters. The van der Waals surface area contributed by atoms with Crippen molar-refractivity contribution in [2.24, 2.45) is 17.8 Å². The quantitative estimate of drug-likeness (QED) is 0.701. The van der Waals surface area contributed by atoms with Crippen molar-refractivity contribution in [3.05, 3.63) is 46.6 Å². The van der Waals surface area contributed by atoms with Gasteiger partial charge in [0, 0.05) is 37.3 Å². The van der Waals surface area contributed by atoms with Gasteiger partial charge in [-0.1, -0.05) is 6.07 Å². The first-order valence-electron chi connectivity index (χ1n) is 9.44. The molecule has 1 aliphatic carbocycles. The molecule has 2 aromatic rings. The highest BCUT2D eigenvalue weighted by Gasteiger charge is 2.59. The number of halogens is 1. The number of amides is 1. The molecule has 0 bridgehead atoms. The summed E-state index contributed by atoms with van der Waals surface area (Å²) in [5.41, 5.74) is 3.26. The molecule has 0 spiro atoms. The number of nitrogens with zero attached hydrogens (tertiary/aromatic N) is 2. The van der Waals surface area contributed by atoms with E-state index in [2.05, 4.69) is 14.6 Å². The molecule has 1 amide bonds. The number of esters is 1. The summed E-state index contributed by atoms with van der Waals surface area (Å²) in [7, 11) is 0. The molecule has 3 aliphatic rings. The minimum Gasteiger partial charge on any atom is -0.457 e. The van der Waals surface area contributed by atoms with Crippen LogP contribution in [0.15, 0.2) is 24.4 Å². The SMILES string of the molecule is Cc1c([C@@H](O)CN2CC3C(C2)C3C(=O)Nc2ccns2)ccc2c1COC2=O.Cl. The number of ether oxygens (including phenoxy) is 1. The van der Waals surface area contributed by atoms with E-state index in [1.54, 1.807) is 18.3 Å². The third-order valence-corrected chi connectivity index (χ3v) is 6.92. The van der Waals surface area contributed by atoms with Crippen molar-refractivity contribution in [2.75, 3.05) is 25.0 Å². The first-order valence-corrected chi connectivity index (χ1v) is 10.2. The van der Waals surface area contributed by atoms with Crippen LogP contribution in [0.3, 0.4) is 0 Å². The van der Waals surface area contributed by atoms with Crippen LogP contribution in [0.25, 0.3) is 0 Å². The predicted octanol–water partition coefficient (Wildman–Crippen LogP) is 2.39. The van der Waals surface area contributed by atoms with Gasteiger partial charge < -0.3 is 15.2 Å². The normalized spacial score (nSPS) is 25.6. The molecule has 5 rings (SSSR count). The van der Waals surface area contributed by atoms with Gasteiger partial charge in [-0.15, -0.1) is 12.4 Å². The number of fused-ring (bicyclic) bond motifs is 2. The Morgan fingerprint density at radius 2 is 2.14 bits per heavy atom. The molecular formula is C20H22ClN3O4S. The largest absolute Gasteiger partial charge is 0.457 e. The Labute approximate surface area is 178 Å². The summed E-state index contributed by atoms with van der Waals surface area (Å²) in [6.07, 6.45) is 1.06. The number of piperidine rings is 1. The number of aliphatic hydroxyl groups is 1. The van der Waals surface area contributed by atoms with E-state index in [4.69, 9.17) is 4.74 Å². The Hall–Kier alpha value is -2.00. The van der Waals surface area contributed by atoms with Crippen molar-refractivity contribution in [1.29, 1.82) is 0 Å². The lowest BCUT2D eigenvalue weighted by atomic mass is 9.95. The third-order valence-electron chi connectivity index (χ3n) is 6.25. The van der Waals surface area contributed by atoms with Crippen LogP contribution >= 0.6 is 23.9 Å². The van der Waals surface area contributed by atoms with Crippen molar-refractivity contribution < 1.29 is 19.4 Å². The van der Waals surface area contributed by atoms with Crippen LogP contribution in [-0.2, 0) is 16.1 Å². The highest BCUT2D eigenvalue weighted by molar-refractivity contribution is 7.10.